The molecule has 2 aromatic rings. The van der Waals surface area contributed by atoms with Gasteiger partial charge in [-0.25, -0.2) is 0 Å². The van der Waals surface area contributed by atoms with Crippen LogP contribution in [0.3, 0.4) is 0 Å². The first-order valence-corrected chi connectivity index (χ1v) is 6.65. The Hall–Kier alpha value is -1.92. The van der Waals surface area contributed by atoms with Crippen molar-refractivity contribution in [3.63, 3.8) is 0 Å². The Bertz CT molecular complexity index is 674. The van der Waals surface area contributed by atoms with Gasteiger partial charge in [0.1, 0.15) is 0 Å². The molecule has 0 aromatic heterocycles. The number of benzene rings is 2. The van der Waals surface area contributed by atoms with Crippen LogP contribution in [0.15, 0.2) is 46.9 Å². The summed E-state index contributed by atoms with van der Waals surface area (Å²) in [5.74, 6) is -0.340. The van der Waals surface area contributed by atoms with Crippen molar-refractivity contribution in [3.8, 4) is 0 Å². The quantitative estimate of drug-likeness (QED) is 0.660. The Kier molecular flexibility index (Phi) is 4.36. The Morgan fingerprint density at radius 1 is 1.20 bits per heavy atom. The second-order valence-electron chi connectivity index (χ2n) is 3.88. The Balaban J connectivity index is 2.19. The molecule has 0 aliphatic rings. The van der Waals surface area contributed by atoms with Crippen LogP contribution in [0, 0.1) is 10.1 Å². The molecule has 7 heteroatoms. The summed E-state index contributed by atoms with van der Waals surface area (Å²) in [4.78, 5) is 22.0. The smallest absolute Gasteiger partial charge is 0.271 e. The van der Waals surface area contributed by atoms with E-state index in [1.54, 1.807) is 24.3 Å². The molecule has 0 fully saturated rings. The van der Waals surface area contributed by atoms with E-state index in [1.807, 2.05) is 0 Å². The summed E-state index contributed by atoms with van der Waals surface area (Å²) in [5.41, 5.74) is 0.657. The van der Waals surface area contributed by atoms with Crippen molar-refractivity contribution < 1.29 is 9.72 Å². The number of carbonyl (C=O) groups excluding carboxylic acids is 1. The number of nitro benzene ring substituents is 1. The molecule has 1 amide bonds. The van der Waals surface area contributed by atoms with Gasteiger partial charge in [0.25, 0.3) is 11.6 Å². The van der Waals surface area contributed by atoms with Gasteiger partial charge in [-0.15, -0.1) is 0 Å². The van der Waals surface area contributed by atoms with Gasteiger partial charge in [-0.3, -0.25) is 14.9 Å². The normalized spacial score (nSPS) is 10.1. The number of anilines is 1. The highest BCUT2D eigenvalue weighted by Crippen LogP contribution is 2.27. The van der Waals surface area contributed by atoms with Crippen molar-refractivity contribution in [2.24, 2.45) is 0 Å². The number of non-ortho nitro benzene ring substituents is 1. The molecule has 1 N–H and O–H groups in total. The predicted octanol–water partition coefficient (Wildman–Crippen LogP) is 4.26. The molecule has 0 radical (unpaired) electrons. The summed E-state index contributed by atoms with van der Waals surface area (Å²) in [5, 5.41) is 13.3. The SMILES string of the molecule is O=C(Nc1ccc([N+](=O)[O-])cc1Cl)c1ccc(Br)cc1. The van der Waals surface area contributed by atoms with Crippen LogP contribution < -0.4 is 5.32 Å². The lowest BCUT2D eigenvalue weighted by atomic mass is 10.2. The highest BCUT2D eigenvalue weighted by molar-refractivity contribution is 9.10. The molecule has 0 bridgehead atoms. The number of nitro groups is 1. The number of amides is 1. The van der Waals surface area contributed by atoms with E-state index in [-0.39, 0.29) is 16.6 Å². The second-order valence-corrected chi connectivity index (χ2v) is 5.21. The van der Waals surface area contributed by atoms with E-state index in [0.29, 0.717) is 11.3 Å². The minimum atomic E-state index is -0.549. The number of carbonyl (C=O) groups is 1. The standard InChI is InChI=1S/C13H8BrClN2O3/c14-9-3-1-8(2-4-9)13(18)16-12-6-5-10(17(19)20)7-11(12)15/h1-7H,(H,16,18). The van der Waals surface area contributed by atoms with Gasteiger partial charge in [0.15, 0.2) is 0 Å². The van der Waals surface area contributed by atoms with Gasteiger partial charge in [0, 0.05) is 22.2 Å². The molecule has 20 heavy (non-hydrogen) atoms. The summed E-state index contributed by atoms with van der Waals surface area (Å²) in [6.07, 6.45) is 0. The minimum absolute atomic E-state index is 0.115. The number of rotatable bonds is 3. The van der Waals surface area contributed by atoms with E-state index in [9.17, 15) is 14.9 Å². The van der Waals surface area contributed by atoms with Crippen LogP contribution in [0.1, 0.15) is 10.4 Å². The van der Waals surface area contributed by atoms with Crippen LogP contribution in [0.25, 0.3) is 0 Å². The zero-order chi connectivity index (χ0) is 14.7. The summed E-state index contributed by atoms with van der Waals surface area (Å²) in [6.45, 7) is 0. The molecule has 0 unspecified atom stereocenters. The predicted molar refractivity (Wildman–Crippen MR) is 80.2 cm³/mol. The molecule has 0 aliphatic carbocycles. The van der Waals surface area contributed by atoms with Gasteiger partial charge >= 0.3 is 0 Å². The Morgan fingerprint density at radius 3 is 2.40 bits per heavy atom. The average molecular weight is 356 g/mol. The molecular formula is C13H8BrClN2O3. The maximum Gasteiger partial charge on any atom is 0.271 e. The third-order valence-corrected chi connectivity index (χ3v) is 3.36. The highest BCUT2D eigenvalue weighted by Gasteiger charge is 2.12. The maximum absolute atomic E-state index is 12.0. The van der Waals surface area contributed by atoms with Crippen molar-refractivity contribution in [1.29, 1.82) is 0 Å². The third kappa shape index (κ3) is 3.34. The monoisotopic (exact) mass is 354 g/mol. The van der Waals surface area contributed by atoms with E-state index >= 15 is 0 Å². The zero-order valence-corrected chi connectivity index (χ0v) is 12.3. The maximum atomic E-state index is 12.0. The van der Waals surface area contributed by atoms with Gasteiger partial charge in [-0.05, 0) is 30.3 Å². The molecule has 0 saturated carbocycles. The molecule has 0 heterocycles. The number of nitrogens with zero attached hydrogens (tertiary/aromatic N) is 1. The van der Waals surface area contributed by atoms with Crippen molar-refractivity contribution >= 4 is 44.8 Å². The Labute approximate surface area is 127 Å². The van der Waals surface area contributed by atoms with Gasteiger partial charge in [-0.1, -0.05) is 27.5 Å². The van der Waals surface area contributed by atoms with Crippen LogP contribution in [-0.2, 0) is 0 Å². The number of hydrogen-bond acceptors (Lipinski definition) is 3. The van der Waals surface area contributed by atoms with Crippen molar-refractivity contribution in [2.45, 2.75) is 0 Å². The lowest BCUT2D eigenvalue weighted by Crippen LogP contribution is -2.12. The third-order valence-electron chi connectivity index (χ3n) is 2.52. The average Bonchev–Trinajstić information content (AvgIpc) is 2.41. The van der Waals surface area contributed by atoms with Crippen LogP contribution in [0.5, 0.6) is 0 Å². The largest absolute Gasteiger partial charge is 0.321 e. The van der Waals surface area contributed by atoms with Crippen molar-refractivity contribution in [3.05, 3.63) is 67.6 Å². The van der Waals surface area contributed by atoms with Crippen molar-refractivity contribution in [1.82, 2.24) is 0 Å². The lowest BCUT2D eigenvalue weighted by Gasteiger charge is -2.07. The second kappa shape index (κ2) is 6.02. The molecule has 0 atom stereocenters. The summed E-state index contributed by atoms with van der Waals surface area (Å²) in [7, 11) is 0. The van der Waals surface area contributed by atoms with E-state index < -0.39 is 4.92 Å². The minimum Gasteiger partial charge on any atom is -0.321 e. The summed E-state index contributed by atoms with van der Waals surface area (Å²) >= 11 is 9.18. The molecule has 102 valence electrons. The fourth-order valence-electron chi connectivity index (χ4n) is 1.51. The zero-order valence-electron chi connectivity index (χ0n) is 9.97. The number of halogens is 2. The van der Waals surface area contributed by atoms with E-state index in [4.69, 9.17) is 11.6 Å². The van der Waals surface area contributed by atoms with Gasteiger partial charge in [0.2, 0.25) is 0 Å². The fraction of sp³-hybridized carbons (Fsp3) is 0. The van der Waals surface area contributed by atoms with Gasteiger partial charge in [0.05, 0.1) is 15.6 Å². The fourth-order valence-corrected chi connectivity index (χ4v) is 2.00. The molecule has 0 spiro atoms. The van der Waals surface area contributed by atoms with Crippen LogP contribution in [0.4, 0.5) is 11.4 Å². The molecule has 2 rings (SSSR count). The van der Waals surface area contributed by atoms with Crippen LogP contribution in [0.2, 0.25) is 5.02 Å². The Morgan fingerprint density at radius 2 is 1.85 bits per heavy atom. The van der Waals surface area contributed by atoms with Crippen LogP contribution in [-0.4, -0.2) is 10.8 Å². The van der Waals surface area contributed by atoms with E-state index in [2.05, 4.69) is 21.2 Å². The first-order valence-electron chi connectivity index (χ1n) is 5.48. The number of nitrogens with one attached hydrogen (secondary N) is 1. The first-order chi connectivity index (χ1) is 9.47. The molecular weight excluding hydrogens is 348 g/mol. The van der Waals surface area contributed by atoms with Gasteiger partial charge < -0.3 is 5.32 Å². The van der Waals surface area contributed by atoms with Crippen molar-refractivity contribution in [2.75, 3.05) is 5.32 Å². The molecule has 5 nitrogen and oxygen atoms in total. The summed E-state index contributed by atoms with van der Waals surface area (Å²) in [6, 6.07) is 10.7. The summed E-state index contributed by atoms with van der Waals surface area (Å²) < 4.78 is 0.863. The highest BCUT2D eigenvalue weighted by atomic mass is 79.9. The van der Waals surface area contributed by atoms with Gasteiger partial charge in [-0.2, -0.15) is 0 Å². The van der Waals surface area contributed by atoms with E-state index in [1.165, 1.54) is 18.2 Å². The molecule has 2 aromatic carbocycles. The lowest BCUT2D eigenvalue weighted by molar-refractivity contribution is -0.384. The van der Waals surface area contributed by atoms with Crippen LogP contribution >= 0.6 is 27.5 Å². The number of hydrogen-bond donors (Lipinski definition) is 1. The molecule has 0 saturated heterocycles. The first kappa shape index (κ1) is 14.5. The topological polar surface area (TPSA) is 72.2 Å². The molecule has 0 aliphatic heterocycles. The van der Waals surface area contributed by atoms with E-state index in [0.717, 1.165) is 4.47 Å².